The molecule has 0 saturated carbocycles. The quantitative estimate of drug-likeness (QED) is 0.802. The third-order valence-corrected chi connectivity index (χ3v) is 4.45. The van der Waals surface area contributed by atoms with Gasteiger partial charge in [-0.3, -0.25) is 4.79 Å². The van der Waals surface area contributed by atoms with E-state index in [0.29, 0.717) is 31.9 Å². The summed E-state index contributed by atoms with van der Waals surface area (Å²) < 4.78 is 5.20. The van der Waals surface area contributed by atoms with Crippen LogP contribution >= 0.6 is 0 Å². The summed E-state index contributed by atoms with van der Waals surface area (Å²) >= 11 is 0. The summed E-state index contributed by atoms with van der Waals surface area (Å²) in [6.07, 6.45) is 5.63. The van der Waals surface area contributed by atoms with E-state index in [4.69, 9.17) is 4.42 Å². The Labute approximate surface area is 148 Å². The molecule has 3 rings (SSSR count). The van der Waals surface area contributed by atoms with E-state index in [1.54, 1.807) is 18.3 Å². The third-order valence-electron chi connectivity index (χ3n) is 4.45. The van der Waals surface area contributed by atoms with Crippen LogP contribution in [0.1, 0.15) is 30.3 Å². The van der Waals surface area contributed by atoms with Gasteiger partial charge in [0.05, 0.1) is 6.26 Å². The van der Waals surface area contributed by atoms with E-state index >= 15 is 0 Å². The average molecular weight is 343 g/mol. The number of aromatic nitrogens is 2. The van der Waals surface area contributed by atoms with E-state index in [2.05, 4.69) is 33.7 Å². The minimum atomic E-state index is -0.0568. The van der Waals surface area contributed by atoms with Gasteiger partial charge in [0.25, 0.3) is 5.91 Å². The summed E-state index contributed by atoms with van der Waals surface area (Å²) in [5, 5.41) is 0. The Hall–Kier alpha value is -2.57. The number of anilines is 2. The highest BCUT2D eigenvalue weighted by Gasteiger charge is 2.25. The fraction of sp³-hybridized carbons (Fsp3) is 0.500. The molecule has 0 aromatic carbocycles. The second-order valence-electron chi connectivity index (χ2n) is 6.25. The molecule has 0 aliphatic carbocycles. The molecule has 0 atom stereocenters. The molecular formula is C18H25N5O2. The van der Waals surface area contributed by atoms with E-state index in [1.165, 1.54) is 6.26 Å². The van der Waals surface area contributed by atoms with Crippen molar-refractivity contribution in [2.45, 2.75) is 19.8 Å². The monoisotopic (exact) mass is 343 g/mol. The van der Waals surface area contributed by atoms with Crippen molar-refractivity contribution in [2.24, 2.45) is 0 Å². The van der Waals surface area contributed by atoms with Crippen molar-refractivity contribution in [1.29, 1.82) is 0 Å². The molecular weight excluding hydrogens is 318 g/mol. The number of amides is 1. The van der Waals surface area contributed by atoms with Gasteiger partial charge >= 0.3 is 0 Å². The van der Waals surface area contributed by atoms with E-state index in [0.717, 1.165) is 31.2 Å². The number of unbranched alkanes of at least 4 members (excludes halogenated alkanes) is 1. The summed E-state index contributed by atoms with van der Waals surface area (Å²) in [5.74, 6) is 2.00. The zero-order valence-electron chi connectivity index (χ0n) is 14.9. The van der Waals surface area contributed by atoms with Gasteiger partial charge in [0, 0.05) is 46.0 Å². The number of hydrogen-bond donors (Lipinski definition) is 0. The summed E-state index contributed by atoms with van der Waals surface area (Å²) in [6, 6.07) is 5.38. The van der Waals surface area contributed by atoms with Crippen LogP contribution in [0.25, 0.3) is 0 Å². The number of hydrogen-bond acceptors (Lipinski definition) is 6. The molecule has 1 amide bonds. The molecule has 134 valence electrons. The van der Waals surface area contributed by atoms with Gasteiger partial charge in [0.15, 0.2) is 5.76 Å². The summed E-state index contributed by atoms with van der Waals surface area (Å²) in [6.45, 7) is 5.88. The zero-order chi connectivity index (χ0) is 17.6. The highest BCUT2D eigenvalue weighted by molar-refractivity contribution is 5.91. The van der Waals surface area contributed by atoms with Gasteiger partial charge in [-0.15, -0.1) is 0 Å². The lowest BCUT2D eigenvalue weighted by molar-refractivity contribution is 0.0714. The van der Waals surface area contributed by atoms with E-state index in [9.17, 15) is 4.79 Å². The second-order valence-corrected chi connectivity index (χ2v) is 6.25. The predicted molar refractivity (Wildman–Crippen MR) is 97.0 cm³/mol. The van der Waals surface area contributed by atoms with E-state index in [-0.39, 0.29) is 5.91 Å². The molecule has 1 aliphatic rings. The number of carbonyl (C=O) groups is 1. The van der Waals surface area contributed by atoms with Gasteiger partial charge < -0.3 is 19.1 Å². The Morgan fingerprint density at radius 3 is 2.76 bits per heavy atom. The number of carbonyl (C=O) groups excluding carboxylic acids is 1. The molecule has 25 heavy (non-hydrogen) atoms. The first-order valence-electron chi connectivity index (χ1n) is 8.81. The molecule has 0 spiro atoms. The molecule has 2 aromatic rings. The first-order chi connectivity index (χ1) is 12.2. The van der Waals surface area contributed by atoms with Crippen LogP contribution < -0.4 is 9.80 Å². The average Bonchev–Trinajstić information content (AvgIpc) is 3.20. The van der Waals surface area contributed by atoms with Crippen LogP contribution in [0, 0.1) is 0 Å². The van der Waals surface area contributed by atoms with Crippen molar-refractivity contribution < 1.29 is 9.21 Å². The zero-order valence-corrected chi connectivity index (χ0v) is 14.9. The molecule has 7 heteroatoms. The van der Waals surface area contributed by atoms with Crippen molar-refractivity contribution >= 4 is 17.7 Å². The van der Waals surface area contributed by atoms with Gasteiger partial charge in [0.2, 0.25) is 5.95 Å². The maximum Gasteiger partial charge on any atom is 0.289 e. The van der Waals surface area contributed by atoms with Crippen LogP contribution in [0.15, 0.2) is 35.1 Å². The third kappa shape index (κ3) is 4.10. The molecule has 1 fully saturated rings. The molecule has 0 radical (unpaired) electrons. The number of nitrogens with zero attached hydrogens (tertiary/aromatic N) is 5. The Morgan fingerprint density at radius 1 is 1.28 bits per heavy atom. The fourth-order valence-electron chi connectivity index (χ4n) is 2.88. The topological polar surface area (TPSA) is 65.7 Å². The lowest BCUT2D eigenvalue weighted by Crippen LogP contribution is -2.49. The molecule has 1 saturated heterocycles. The normalized spacial score (nSPS) is 14.6. The van der Waals surface area contributed by atoms with Gasteiger partial charge in [-0.1, -0.05) is 13.3 Å². The molecule has 7 nitrogen and oxygen atoms in total. The highest BCUT2D eigenvalue weighted by Crippen LogP contribution is 2.17. The molecule has 0 unspecified atom stereocenters. The smallest absolute Gasteiger partial charge is 0.289 e. The minimum Gasteiger partial charge on any atom is -0.459 e. The molecule has 0 bridgehead atoms. The lowest BCUT2D eigenvalue weighted by atomic mass is 10.3. The Morgan fingerprint density at radius 2 is 2.08 bits per heavy atom. The Bertz CT molecular complexity index is 681. The highest BCUT2D eigenvalue weighted by atomic mass is 16.3. The van der Waals surface area contributed by atoms with Crippen LogP contribution in [-0.4, -0.2) is 60.5 Å². The fourth-order valence-corrected chi connectivity index (χ4v) is 2.88. The van der Waals surface area contributed by atoms with Crippen molar-refractivity contribution in [3.63, 3.8) is 0 Å². The SMILES string of the molecule is CCCCN(C)c1ccnc(N2CCN(C(=O)c3ccco3)CC2)n1. The number of rotatable bonds is 6. The number of piperazine rings is 1. The van der Waals surface area contributed by atoms with Gasteiger partial charge in [-0.2, -0.15) is 4.98 Å². The Kier molecular flexibility index (Phi) is 5.53. The second kappa shape index (κ2) is 8.00. The standard InChI is InChI=1S/C18H25N5O2/c1-3-4-9-21(2)16-7-8-19-18(20-16)23-12-10-22(11-13-23)17(24)15-6-5-14-25-15/h5-8,14H,3-4,9-13H2,1-2H3. The molecule has 3 heterocycles. The largest absolute Gasteiger partial charge is 0.459 e. The van der Waals surface area contributed by atoms with Crippen LogP contribution in [0.2, 0.25) is 0 Å². The van der Waals surface area contributed by atoms with Gasteiger partial charge in [-0.05, 0) is 24.6 Å². The summed E-state index contributed by atoms with van der Waals surface area (Å²) in [5.41, 5.74) is 0. The van der Waals surface area contributed by atoms with Crippen molar-refractivity contribution in [1.82, 2.24) is 14.9 Å². The first-order valence-corrected chi connectivity index (χ1v) is 8.81. The molecule has 0 N–H and O–H groups in total. The van der Waals surface area contributed by atoms with Gasteiger partial charge in [-0.25, -0.2) is 4.98 Å². The number of furan rings is 1. The van der Waals surface area contributed by atoms with Crippen LogP contribution in [0.3, 0.4) is 0 Å². The summed E-state index contributed by atoms with van der Waals surface area (Å²) in [7, 11) is 2.06. The lowest BCUT2D eigenvalue weighted by Gasteiger charge is -2.34. The van der Waals surface area contributed by atoms with Crippen LogP contribution in [-0.2, 0) is 0 Å². The van der Waals surface area contributed by atoms with E-state index < -0.39 is 0 Å². The summed E-state index contributed by atoms with van der Waals surface area (Å²) in [4.78, 5) is 27.5. The van der Waals surface area contributed by atoms with E-state index in [1.807, 2.05) is 11.0 Å². The van der Waals surface area contributed by atoms with Crippen molar-refractivity contribution in [3.05, 3.63) is 36.4 Å². The van der Waals surface area contributed by atoms with Crippen LogP contribution in [0.5, 0.6) is 0 Å². The minimum absolute atomic E-state index is 0.0568. The van der Waals surface area contributed by atoms with Crippen molar-refractivity contribution in [2.75, 3.05) is 49.6 Å². The van der Waals surface area contributed by atoms with Crippen molar-refractivity contribution in [3.8, 4) is 0 Å². The predicted octanol–water partition coefficient (Wildman–Crippen LogP) is 2.27. The molecule has 1 aliphatic heterocycles. The van der Waals surface area contributed by atoms with Gasteiger partial charge in [0.1, 0.15) is 5.82 Å². The Balaban J connectivity index is 1.60. The van der Waals surface area contributed by atoms with Crippen LogP contribution in [0.4, 0.5) is 11.8 Å². The maximum absolute atomic E-state index is 12.3. The molecule has 2 aromatic heterocycles. The first kappa shape index (κ1) is 17.3. The maximum atomic E-state index is 12.3.